The first-order valence-corrected chi connectivity index (χ1v) is 12.5. The minimum Gasteiger partial charge on any atom is -0.497 e. The number of aliphatic hydroxyl groups is 1. The maximum atomic E-state index is 12.0. The summed E-state index contributed by atoms with van der Waals surface area (Å²) in [7, 11) is 1.62. The van der Waals surface area contributed by atoms with Gasteiger partial charge in [0.25, 0.3) is 0 Å². The molecule has 3 aromatic rings. The van der Waals surface area contributed by atoms with Crippen molar-refractivity contribution in [2.24, 2.45) is 11.8 Å². The number of hydrogen-bond acceptors (Lipinski definition) is 6. The number of carbonyl (C=O) groups is 1. The zero-order chi connectivity index (χ0) is 23.2. The number of aromatic nitrogens is 1. The van der Waals surface area contributed by atoms with Crippen LogP contribution in [0.3, 0.4) is 0 Å². The van der Waals surface area contributed by atoms with E-state index >= 15 is 0 Å². The Kier molecular flexibility index (Phi) is 7.96. The molecule has 6 nitrogen and oxygen atoms in total. The molecule has 176 valence electrons. The van der Waals surface area contributed by atoms with Crippen LogP contribution in [0.1, 0.15) is 42.2 Å². The van der Waals surface area contributed by atoms with Crippen molar-refractivity contribution < 1.29 is 19.7 Å². The first-order chi connectivity index (χ1) is 16.0. The number of carboxylic acids is 1. The molecule has 0 saturated carbocycles. The molecule has 0 amide bonds. The van der Waals surface area contributed by atoms with Gasteiger partial charge >= 0.3 is 5.97 Å². The molecular formula is C26H32N2O4S. The molecule has 1 aliphatic rings. The number of likely N-dealkylation sites (tertiary alicyclic amines) is 1. The molecule has 33 heavy (non-hydrogen) atoms. The Morgan fingerprint density at radius 3 is 2.97 bits per heavy atom. The highest BCUT2D eigenvalue weighted by Crippen LogP contribution is 2.33. The lowest BCUT2D eigenvalue weighted by Crippen LogP contribution is -2.44. The Hall–Kier alpha value is -2.48. The number of aliphatic hydroxyl groups excluding tert-OH is 1. The number of methoxy groups -OCH3 is 1. The number of benzene rings is 1. The molecule has 0 bridgehead atoms. The smallest absolute Gasteiger partial charge is 0.308 e. The summed E-state index contributed by atoms with van der Waals surface area (Å²) in [5, 5.41) is 23.8. The number of thiophene rings is 1. The molecule has 1 aliphatic heterocycles. The van der Waals surface area contributed by atoms with E-state index in [4.69, 9.17) is 4.74 Å². The standard InChI is InChI=1S/C26H32N2O4S/c1-32-19-7-8-24-22(16-19)21(10-12-27-24)25(29)9-6-18-11-14-28(17-23(18)26(30)31)13-2-4-20-5-3-15-33-20/h3,5,7-8,10,12,15-16,18,23,25,29H,2,4,6,9,11,13-14,17H2,1H3,(H,30,31)/t18-,23+,25+/m1/s1. The Bertz CT molecular complexity index is 1060. The van der Waals surface area contributed by atoms with E-state index in [1.165, 1.54) is 4.88 Å². The maximum Gasteiger partial charge on any atom is 0.308 e. The number of hydrogen-bond donors (Lipinski definition) is 2. The van der Waals surface area contributed by atoms with Crippen LogP contribution in [0.15, 0.2) is 48.0 Å². The lowest BCUT2D eigenvalue weighted by atomic mass is 9.81. The van der Waals surface area contributed by atoms with Crippen molar-refractivity contribution in [3.05, 3.63) is 58.4 Å². The maximum absolute atomic E-state index is 12.0. The topological polar surface area (TPSA) is 82.9 Å². The third-order valence-electron chi connectivity index (χ3n) is 6.79. The van der Waals surface area contributed by atoms with Gasteiger partial charge in [-0.05, 0) is 92.4 Å². The summed E-state index contributed by atoms with van der Waals surface area (Å²) in [6.45, 7) is 2.45. The average Bonchev–Trinajstić information content (AvgIpc) is 3.35. The molecule has 1 fully saturated rings. The SMILES string of the molecule is COc1ccc2nccc([C@@H](O)CC[C@@H]3CCN(CCCc4cccs4)C[C@@H]3C(=O)O)c2c1. The number of fused-ring (bicyclic) bond motifs is 1. The van der Waals surface area contributed by atoms with E-state index in [-0.39, 0.29) is 11.8 Å². The summed E-state index contributed by atoms with van der Waals surface area (Å²) in [5.74, 6) is -0.312. The number of carboxylic acid groups (broad SMARTS) is 1. The number of nitrogens with zero attached hydrogens (tertiary/aromatic N) is 2. The second kappa shape index (κ2) is 11.1. The second-order valence-electron chi connectivity index (χ2n) is 8.85. The van der Waals surface area contributed by atoms with Gasteiger partial charge in [0, 0.05) is 23.0 Å². The Morgan fingerprint density at radius 1 is 1.33 bits per heavy atom. The van der Waals surface area contributed by atoms with Crippen molar-refractivity contribution in [3.8, 4) is 5.75 Å². The van der Waals surface area contributed by atoms with E-state index in [9.17, 15) is 15.0 Å². The van der Waals surface area contributed by atoms with Gasteiger partial charge in [-0.15, -0.1) is 11.3 Å². The molecule has 4 rings (SSSR count). The van der Waals surface area contributed by atoms with Gasteiger partial charge in [0.1, 0.15) is 5.75 Å². The molecular weight excluding hydrogens is 436 g/mol. The average molecular weight is 469 g/mol. The minimum absolute atomic E-state index is 0.0772. The molecule has 0 radical (unpaired) electrons. The zero-order valence-electron chi connectivity index (χ0n) is 19.0. The lowest BCUT2D eigenvalue weighted by molar-refractivity contribution is -0.146. The van der Waals surface area contributed by atoms with Gasteiger partial charge in [0.05, 0.1) is 24.6 Å². The van der Waals surface area contributed by atoms with Crippen molar-refractivity contribution in [3.63, 3.8) is 0 Å². The van der Waals surface area contributed by atoms with Crippen LogP contribution in [0.2, 0.25) is 0 Å². The van der Waals surface area contributed by atoms with E-state index in [1.807, 2.05) is 24.3 Å². The Morgan fingerprint density at radius 2 is 2.21 bits per heavy atom. The summed E-state index contributed by atoms with van der Waals surface area (Å²) in [5.41, 5.74) is 1.63. The highest BCUT2D eigenvalue weighted by molar-refractivity contribution is 7.09. The summed E-state index contributed by atoms with van der Waals surface area (Å²) in [6.07, 6.45) is 5.22. The number of aliphatic carboxylic acids is 1. The van der Waals surface area contributed by atoms with E-state index in [1.54, 1.807) is 24.6 Å². The fourth-order valence-corrected chi connectivity index (χ4v) is 5.67. The number of aryl methyl sites for hydroxylation is 1. The minimum atomic E-state index is -0.725. The summed E-state index contributed by atoms with van der Waals surface area (Å²) >= 11 is 1.78. The van der Waals surface area contributed by atoms with E-state index in [0.717, 1.165) is 54.6 Å². The van der Waals surface area contributed by atoms with Crippen molar-refractivity contribution >= 4 is 28.2 Å². The molecule has 7 heteroatoms. The summed E-state index contributed by atoms with van der Waals surface area (Å²) in [6, 6.07) is 11.7. The van der Waals surface area contributed by atoms with Crippen LogP contribution in [0, 0.1) is 11.8 Å². The Balaban J connectivity index is 1.34. The van der Waals surface area contributed by atoms with Crippen molar-refractivity contribution in [2.45, 2.75) is 38.2 Å². The molecule has 0 aliphatic carbocycles. The monoisotopic (exact) mass is 468 g/mol. The predicted molar refractivity (Wildman–Crippen MR) is 131 cm³/mol. The molecule has 3 heterocycles. The first-order valence-electron chi connectivity index (χ1n) is 11.6. The molecule has 2 N–H and O–H groups in total. The van der Waals surface area contributed by atoms with Crippen molar-refractivity contribution in [2.75, 3.05) is 26.7 Å². The molecule has 1 saturated heterocycles. The lowest BCUT2D eigenvalue weighted by Gasteiger charge is -2.37. The quantitative estimate of drug-likeness (QED) is 0.446. The van der Waals surface area contributed by atoms with Gasteiger partial charge in [-0.2, -0.15) is 0 Å². The number of pyridine rings is 1. The van der Waals surface area contributed by atoms with Crippen LogP contribution in [-0.2, 0) is 11.2 Å². The molecule has 0 unspecified atom stereocenters. The summed E-state index contributed by atoms with van der Waals surface area (Å²) < 4.78 is 5.33. The van der Waals surface area contributed by atoms with Gasteiger partial charge in [-0.25, -0.2) is 0 Å². The number of ether oxygens (including phenoxy) is 1. The van der Waals surface area contributed by atoms with Crippen LogP contribution in [0.5, 0.6) is 5.75 Å². The molecule has 3 atom stereocenters. The van der Waals surface area contributed by atoms with Crippen LogP contribution >= 0.6 is 11.3 Å². The van der Waals surface area contributed by atoms with E-state index in [0.29, 0.717) is 19.4 Å². The number of rotatable bonds is 10. The Labute approximate surface area is 198 Å². The van der Waals surface area contributed by atoms with Gasteiger partial charge in [0.15, 0.2) is 0 Å². The number of piperidine rings is 1. The van der Waals surface area contributed by atoms with Crippen LogP contribution in [-0.4, -0.2) is 52.8 Å². The fourth-order valence-electron chi connectivity index (χ4n) is 4.92. The third kappa shape index (κ3) is 5.91. The van der Waals surface area contributed by atoms with E-state index < -0.39 is 12.1 Å². The van der Waals surface area contributed by atoms with Crippen LogP contribution < -0.4 is 4.74 Å². The molecule has 0 spiro atoms. The normalized spacial score (nSPS) is 20.1. The third-order valence-corrected chi connectivity index (χ3v) is 7.72. The molecule has 1 aromatic carbocycles. The van der Waals surface area contributed by atoms with Gasteiger partial charge in [-0.3, -0.25) is 9.78 Å². The molecule has 2 aromatic heterocycles. The highest BCUT2D eigenvalue weighted by Gasteiger charge is 2.34. The largest absolute Gasteiger partial charge is 0.497 e. The first kappa shape index (κ1) is 23.7. The van der Waals surface area contributed by atoms with Gasteiger partial charge in [-0.1, -0.05) is 6.07 Å². The van der Waals surface area contributed by atoms with Crippen molar-refractivity contribution in [1.29, 1.82) is 0 Å². The summed E-state index contributed by atoms with van der Waals surface area (Å²) in [4.78, 5) is 20.1. The highest BCUT2D eigenvalue weighted by atomic mass is 32.1. The van der Waals surface area contributed by atoms with Crippen LogP contribution in [0.25, 0.3) is 10.9 Å². The zero-order valence-corrected chi connectivity index (χ0v) is 19.8. The van der Waals surface area contributed by atoms with Crippen molar-refractivity contribution in [1.82, 2.24) is 9.88 Å². The van der Waals surface area contributed by atoms with Gasteiger partial charge in [0.2, 0.25) is 0 Å². The van der Waals surface area contributed by atoms with Gasteiger partial charge < -0.3 is 19.8 Å². The fraction of sp³-hybridized carbons (Fsp3) is 0.462. The second-order valence-corrected chi connectivity index (χ2v) is 9.89. The van der Waals surface area contributed by atoms with E-state index in [2.05, 4.69) is 27.4 Å². The predicted octanol–water partition coefficient (Wildman–Crippen LogP) is 4.77. The van der Waals surface area contributed by atoms with Crippen LogP contribution in [0.4, 0.5) is 0 Å².